The molecule has 0 aromatic rings. The molecule has 0 aliphatic rings. The third kappa shape index (κ3) is 59.4. The van der Waals surface area contributed by atoms with Gasteiger partial charge in [0, 0.05) is 32.7 Å². The van der Waals surface area contributed by atoms with E-state index in [0.717, 1.165) is 155 Å². The number of carbonyl (C=O) groups excluding carboxylic acids is 10. The van der Waals surface area contributed by atoms with E-state index in [9.17, 15) is 83.7 Å². The van der Waals surface area contributed by atoms with Crippen molar-refractivity contribution in [2.75, 3.05) is 131 Å². The topological polar surface area (TPSA) is 634 Å². The van der Waals surface area contributed by atoms with Gasteiger partial charge in [-0.15, -0.1) is 0 Å². The summed E-state index contributed by atoms with van der Waals surface area (Å²) in [6.45, 7) is 12.7. The van der Waals surface area contributed by atoms with Crippen molar-refractivity contribution < 1.29 is 125 Å². The maximum absolute atomic E-state index is 11.6. The lowest BCUT2D eigenvalue weighted by Gasteiger charge is -2.15. The Balaban J connectivity index is -0.000000382. The number of hydrogen-bond acceptors (Lipinski definition) is 31. The Hall–Kier alpha value is -5.14. The Bertz CT molecular complexity index is 2080. The minimum Gasteiger partial charge on any atom is -0.388 e. The molecule has 0 aliphatic carbocycles. The van der Waals surface area contributed by atoms with E-state index in [4.69, 9.17) is 52.3 Å². The van der Waals surface area contributed by atoms with E-state index in [1.54, 1.807) is 0 Å². The van der Waals surface area contributed by atoms with Gasteiger partial charge in [0.15, 0.2) is 59.4 Å². The average molecular weight is 1450 g/mol. The summed E-state index contributed by atoms with van der Waals surface area (Å²) in [5.74, 6) is -8.96. The molecule has 5 amide bonds. The van der Waals surface area contributed by atoms with Crippen LogP contribution in [0.2, 0.25) is 0 Å². The molecule has 0 bridgehead atoms. The zero-order chi connectivity index (χ0) is 76.9. The SMILES string of the molecule is CCCNC(=O)C(O)C(O)C(=O)CO.CCCNCCCCCNC(=O)C(O)C(O)C(=O)CO.CCCNCCCCCNCCCCCNC(=O)C(O)C(O)C(=O)CO.NCCCCCNC(=O)C(O)C(O)C(=O)CO.NCCCCCNCCCCCNC(=O)C(O)C(O)C(=O)CO. The van der Waals surface area contributed by atoms with E-state index >= 15 is 0 Å². The maximum atomic E-state index is 11.6. The molecule has 0 radical (unpaired) electrons. The van der Waals surface area contributed by atoms with E-state index in [1.165, 1.54) is 25.7 Å². The van der Waals surface area contributed by atoms with Crippen LogP contribution in [0.15, 0.2) is 0 Å². The molecule has 0 aromatic heterocycles. The standard InChI is InChI=1S/C18H37N3O5.C15H31N3O5.C13H26N2O5.C10H20N2O5.C8H15NO5/c1-2-9-19-10-5-3-6-11-20-12-7-4-8-13-21-18(26)17(25)16(24)15(23)14-22;16-7-3-1-4-8-17-9-5-2-6-10-18-15(23)14(22)13(21)12(20)11-19;1-2-6-14-7-4-3-5-8-15-13(20)12(19)11(18)10(17)9-16;11-4-2-1-3-5-12-10(17)9(16)8(15)7(14)6-13;1-2-3-9-8(14)7(13)6(12)5(11)4-10/h16-17,19-20,22,24-25H,2-14H2,1H3,(H,21,26);13-14,17,19,21-22H,1-11,16H2,(H,18,23);11-12,14,16,18-19H,2-9H2,1H3,(H,15,20);8-9,13,15-16H,1-6,11H2,(H,12,17);6-7,10,12-13H,2-4H2,1H3,(H,9,14). The Labute approximate surface area is 588 Å². The number of nitrogens with two attached hydrogens (primary N) is 2. The highest BCUT2D eigenvalue weighted by Gasteiger charge is 2.33. The summed E-state index contributed by atoms with van der Waals surface area (Å²) in [6, 6.07) is 0. The quantitative estimate of drug-likeness (QED) is 0.0252. The van der Waals surface area contributed by atoms with Crippen molar-refractivity contribution in [3.05, 3.63) is 0 Å². The first-order valence-electron chi connectivity index (χ1n) is 34.8. The van der Waals surface area contributed by atoms with E-state index < -0.39 is 153 Å². The van der Waals surface area contributed by atoms with Gasteiger partial charge in [0.1, 0.15) is 63.6 Å². The summed E-state index contributed by atoms with van der Waals surface area (Å²) in [5, 5.41) is 161. The smallest absolute Gasteiger partial charge is 0.252 e. The van der Waals surface area contributed by atoms with Crippen molar-refractivity contribution in [3.8, 4) is 0 Å². The summed E-state index contributed by atoms with van der Waals surface area (Å²) < 4.78 is 0. The van der Waals surface area contributed by atoms with Gasteiger partial charge < -0.3 is 136 Å². The molecule has 0 saturated carbocycles. The minimum absolute atomic E-state index is 0.343. The van der Waals surface area contributed by atoms with E-state index in [-0.39, 0.29) is 0 Å². The van der Waals surface area contributed by atoms with Gasteiger partial charge in [-0.25, -0.2) is 0 Å². The highest BCUT2D eigenvalue weighted by Crippen LogP contribution is 2.03. The number of aliphatic hydroxyl groups excluding tert-OH is 15. The van der Waals surface area contributed by atoms with Crippen LogP contribution in [-0.2, 0) is 47.9 Å². The lowest BCUT2D eigenvalue weighted by Crippen LogP contribution is -2.46. The number of rotatable bonds is 60. The van der Waals surface area contributed by atoms with Crippen molar-refractivity contribution in [1.29, 1.82) is 0 Å². The van der Waals surface area contributed by atoms with Crippen LogP contribution in [0.1, 0.15) is 156 Å². The van der Waals surface area contributed by atoms with Gasteiger partial charge in [0.25, 0.3) is 29.5 Å². The molecule has 0 aliphatic heterocycles. The van der Waals surface area contributed by atoms with Crippen molar-refractivity contribution >= 4 is 58.5 Å². The Kier molecular flexibility index (Phi) is 76.2. The molecule has 36 nitrogen and oxygen atoms in total. The molecule has 0 rings (SSSR count). The molecule has 0 spiro atoms. The lowest BCUT2D eigenvalue weighted by molar-refractivity contribution is -0.146. The number of carbonyl (C=O) groups is 10. The third-order valence-electron chi connectivity index (χ3n) is 14.1. The molecule has 100 heavy (non-hydrogen) atoms. The summed E-state index contributed by atoms with van der Waals surface area (Å²) in [5.41, 5.74) is 10.7. The lowest BCUT2D eigenvalue weighted by atomic mass is 10.1. The van der Waals surface area contributed by atoms with Crippen LogP contribution in [0.5, 0.6) is 0 Å². The normalized spacial score (nSPS) is 13.8. The molecule has 0 heterocycles. The van der Waals surface area contributed by atoms with Gasteiger partial charge >= 0.3 is 0 Å². The van der Waals surface area contributed by atoms with Gasteiger partial charge in [-0.05, 0) is 162 Å². The van der Waals surface area contributed by atoms with E-state index in [2.05, 4.69) is 61.7 Å². The van der Waals surface area contributed by atoms with Crippen LogP contribution in [0.4, 0.5) is 0 Å². The van der Waals surface area contributed by atoms with E-state index in [1.807, 2.05) is 6.92 Å². The predicted molar refractivity (Wildman–Crippen MR) is 369 cm³/mol. The molecular weight excluding hydrogens is 1320 g/mol. The van der Waals surface area contributed by atoms with Gasteiger partial charge in [0.2, 0.25) is 0 Å². The summed E-state index contributed by atoms with van der Waals surface area (Å²) in [6.07, 6.45) is 1.79. The summed E-state index contributed by atoms with van der Waals surface area (Å²) in [7, 11) is 0. The van der Waals surface area contributed by atoms with Crippen molar-refractivity contribution in [2.24, 2.45) is 11.5 Å². The molecular formula is C64H129N11O25. The molecule has 590 valence electrons. The molecule has 0 saturated heterocycles. The first-order chi connectivity index (χ1) is 47.7. The third-order valence-corrected chi connectivity index (χ3v) is 14.1. The summed E-state index contributed by atoms with van der Waals surface area (Å²) in [4.78, 5) is 111. The van der Waals surface area contributed by atoms with Gasteiger partial charge in [-0.1, -0.05) is 59.3 Å². The highest BCUT2D eigenvalue weighted by atomic mass is 16.4. The van der Waals surface area contributed by atoms with Crippen molar-refractivity contribution in [3.63, 3.8) is 0 Å². The second-order valence-corrected chi connectivity index (χ2v) is 23.0. The zero-order valence-corrected chi connectivity index (χ0v) is 59.2. The fourth-order valence-corrected chi connectivity index (χ4v) is 7.89. The van der Waals surface area contributed by atoms with Crippen LogP contribution in [-0.4, -0.2) is 327 Å². The number of Topliss-reactive ketones (excluding diaryl/α,β-unsaturated/α-hetero) is 5. The maximum Gasteiger partial charge on any atom is 0.252 e. The average Bonchev–Trinajstić information content (AvgIpc) is 0.965. The second-order valence-electron chi connectivity index (χ2n) is 23.0. The van der Waals surface area contributed by atoms with Crippen LogP contribution in [0.3, 0.4) is 0 Å². The van der Waals surface area contributed by atoms with Crippen LogP contribution in [0, 0.1) is 0 Å². The minimum atomic E-state index is -1.89. The van der Waals surface area contributed by atoms with Gasteiger partial charge in [-0.3, -0.25) is 47.9 Å². The molecule has 10 atom stereocenters. The monoisotopic (exact) mass is 1450 g/mol. The van der Waals surface area contributed by atoms with Gasteiger partial charge in [0.05, 0.1) is 0 Å². The molecule has 0 fully saturated rings. The number of hydrogen-bond donors (Lipinski definition) is 26. The molecule has 10 unspecified atom stereocenters. The number of aliphatic hydroxyl groups is 15. The first kappa shape index (κ1) is 103. The first-order valence-corrected chi connectivity index (χ1v) is 34.8. The second kappa shape index (κ2) is 73.6. The molecule has 36 heteroatoms. The van der Waals surface area contributed by atoms with E-state index in [0.29, 0.717) is 52.1 Å². The van der Waals surface area contributed by atoms with Crippen LogP contribution < -0.4 is 59.3 Å². The molecule has 0 aromatic carbocycles. The highest BCUT2D eigenvalue weighted by molar-refractivity contribution is 5.94. The zero-order valence-electron chi connectivity index (χ0n) is 59.2. The number of nitrogens with one attached hydrogen (secondary N) is 9. The molecule has 28 N–H and O–H groups in total. The fraction of sp³-hybridized carbons (Fsp3) is 0.844. The van der Waals surface area contributed by atoms with Crippen molar-refractivity contribution in [2.45, 2.75) is 217 Å². The van der Waals surface area contributed by atoms with Crippen LogP contribution in [0.25, 0.3) is 0 Å². The Morgan fingerprint density at radius 3 is 0.560 bits per heavy atom. The summed E-state index contributed by atoms with van der Waals surface area (Å²) >= 11 is 0. The van der Waals surface area contributed by atoms with Crippen LogP contribution >= 0.6 is 0 Å². The fourth-order valence-electron chi connectivity index (χ4n) is 7.89. The Morgan fingerprint density at radius 2 is 0.390 bits per heavy atom. The largest absolute Gasteiger partial charge is 0.388 e. The number of ketones is 5. The Morgan fingerprint density at radius 1 is 0.230 bits per heavy atom. The predicted octanol–water partition coefficient (Wildman–Crippen LogP) is -8.54. The van der Waals surface area contributed by atoms with Gasteiger partial charge in [-0.2, -0.15) is 0 Å². The number of unbranched alkanes of at least 4 members (excludes halogenated alkanes) is 12. The van der Waals surface area contributed by atoms with Crippen molar-refractivity contribution in [1.82, 2.24) is 47.9 Å². The number of amides is 5.